The second-order valence-electron chi connectivity index (χ2n) is 4.21. The molecule has 100 valence electrons. The van der Waals surface area contributed by atoms with Gasteiger partial charge >= 0.3 is 0 Å². The zero-order valence-corrected chi connectivity index (χ0v) is 12.6. The fourth-order valence-electron chi connectivity index (χ4n) is 1.55. The molecule has 0 bridgehead atoms. The molecule has 0 amide bonds. The third-order valence-corrected chi connectivity index (χ3v) is 4.20. The maximum atomic E-state index is 13.1. The second kappa shape index (κ2) is 5.90. The number of rotatable bonds is 4. The van der Waals surface area contributed by atoms with Crippen molar-refractivity contribution in [1.29, 1.82) is 0 Å². The molecule has 2 rings (SSSR count). The van der Waals surface area contributed by atoms with Crippen molar-refractivity contribution in [2.75, 3.05) is 0 Å². The van der Waals surface area contributed by atoms with Crippen LogP contribution in [0.1, 0.15) is 34.0 Å². The van der Waals surface area contributed by atoms with Gasteiger partial charge in [-0.05, 0) is 40.5 Å². The molecule has 0 aliphatic heterocycles. The van der Waals surface area contributed by atoms with Gasteiger partial charge in [0.25, 0.3) is 0 Å². The molecule has 3 nitrogen and oxygen atoms in total. The van der Waals surface area contributed by atoms with Gasteiger partial charge in [0.15, 0.2) is 5.78 Å². The number of nitrogens with two attached hydrogens (primary N) is 1. The van der Waals surface area contributed by atoms with Crippen LogP contribution in [0.25, 0.3) is 0 Å². The Bertz CT molecular complexity index is 612. The molecule has 0 aliphatic carbocycles. The van der Waals surface area contributed by atoms with E-state index in [4.69, 9.17) is 5.73 Å². The van der Waals surface area contributed by atoms with Gasteiger partial charge in [0.05, 0.1) is 10.5 Å². The highest BCUT2D eigenvalue weighted by Gasteiger charge is 2.14. The number of thiazole rings is 1. The van der Waals surface area contributed by atoms with Gasteiger partial charge < -0.3 is 5.73 Å². The van der Waals surface area contributed by atoms with Crippen LogP contribution in [0.15, 0.2) is 28.1 Å². The third-order valence-electron chi connectivity index (χ3n) is 2.55. The number of nitrogens with zero attached hydrogens (tertiary/aromatic N) is 1. The Morgan fingerprint density at radius 2 is 2.32 bits per heavy atom. The van der Waals surface area contributed by atoms with Crippen LogP contribution in [0.2, 0.25) is 0 Å². The summed E-state index contributed by atoms with van der Waals surface area (Å²) < 4.78 is 13.4. The molecule has 0 aliphatic rings. The predicted octanol–water partition coefficient (Wildman–Crippen LogP) is 3.49. The number of ketones is 1. The first-order valence-electron chi connectivity index (χ1n) is 5.65. The Labute approximate surface area is 122 Å². The zero-order chi connectivity index (χ0) is 14.0. The van der Waals surface area contributed by atoms with E-state index in [1.165, 1.54) is 17.4 Å². The van der Waals surface area contributed by atoms with Crippen molar-refractivity contribution in [2.24, 2.45) is 5.73 Å². The number of aromatic nitrogens is 1. The fourth-order valence-corrected chi connectivity index (χ4v) is 2.76. The minimum absolute atomic E-state index is 0.0957. The van der Waals surface area contributed by atoms with Crippen molar-refractivity contribution >= 4 is 33.0 Å². The van der Waals surface area contributed by atoms with Crippen LogP contribution >= 0.6 is 27.3 Å². The van der Waals surface area contributed by atoms with E-state index in [1.807, 2.05) is 6.92 Å². The molecule has 6 heteroatoms. The summed E-state index contributed by atoms with van der Waals surface area (Å²) >= 11 is 4.47. The Hall–Kier alpha value is -1.11. The molecule has 19 heavy (non-hydrogen) atoms. The Morgan fingerprint density at radius 3 is 2.89 bits per heavy atom. The van der Waals surface area contributed by atoms with E-state index >= 15 is 0 Å². The lowest BCUT2D eigenvalue weighted by Gasteiger charge is -2.01. The smallest absolute Gasteiger partial charge is 0.186 e. The lowest BCUT2D eigenvalue weighted by Crippen LogP contribution is -2.07. The molecule has 2 N–H and O–H groups in total. The van der Waals surface area contributed by atoms with E-state index in [2.05, 4.69) is 20.9 Å². The molecule has 0 saturated carbocycles. The fraction of sp³-hybridized carbons (Fsp3) is 0.231. The highest BCUT2D eigenvalue weighted by Crippen LogP contribution is 2.20. The minimum atomic E-state index is -0.343. The molecule has 1 aromatic heterocycles. The Kier molecular flexibility index (Phi) is 4.44. The standard InChI is InChI=1S/C13H12BrFN2OS/c1-7(16)13-17-11(6-19-13)12(18)5-8-2-3-10(15)9(14)4-8/h2-4,6-7H,5,16H2,1H3. The molecule has 1 unspecified atom stereocenters. The quantitative estimate of drug-likeness (QED) is 0.865. The summed E-state index contributed by atoms with van der Waals surface area (Å²) in [6, 6.07) is 4.36. The summed E-state index contributed by atoms with van der Waals surface area (Å²) in [6.45, 7) is 1.82. The van der Waals surface area contributed by atoms with Crippen LogP contribution in [0, 0.1) is 5.82 Å². The minimum Gasteiger partial charge on any atom is -0.322 e. The van der Waals surface area contributed by atoms with Gasteiger partial charge in [-0.1, -0.05) is 6.07 Å². The first-order valence-corrected chi connectivity index (χ1v) is 7.32. The first-order chi connectivity index (χ1) is 8.97. The zero-order valence-electron chi connectivity index (χ0n) is 10.2. The number of benzene rings is 1. The monoisotopic (exact) mass is 342 g/mol. The molecule has 1 heterocycles. The largest absolute Gasteiger partial charge is 0.322 e. The van der Waals surface area contributed by atoms with Crippen LogP contribution in [-0.4, -0.2) is 10.8 Å². The van der Waals surface area contributed by atoms with Gasteiger partial charge in [-0.15, -0.1) is 11.3 Å². The molecular formula is C13H12BrFN2OS. The molecular weight excluding hydrogens is 331 g/mol. The van der Waals surface area contributed by atoms with Crippen molar-refractivity contribution in [2.45, 2.75) is 19.4 Å². The van der Waals surface area contributed by atoms with E-state index in [9.17, 15) is 9.18 Å². The second-order valence-corrected chi connectivity index (χ2v) is 5.95. The van der Waals surface area contributed by atoms with Crippen LogP contribution in [0.3, 0.4) is 0 Å². The number of halogens is 2. The maximum absolute atomic E-state index is 13.1. The van der Waals surface area contributed by atoms with Gasteiger partial charge in [-0.2, -0.15) is 0 Å². The molecule has 0 fully saturated rings. The lowest BCUT2D eigenvalue weighted by atomic mass is 10.1. The van der Waals surface area contributed by atoms with Crippen LogP contribution in [0.4, 0.5) is 4.39 Å². The summed E-state index contributed by atoms with van der Waals surface area (Å²) in [5.74, 6) is -0.439. The van der Waals surface area contributed by atoms with Crippen LogP contribution in [0.5, 0.6) is 0 Å². The predicted molar refractivity (Wildman–Crippen MR) is 76.9 cm³/mol. The Morgan fingerprint density at radius 1 is 1.58 bits per heavy atom. The molecule has 0 saturated heterocycles. The van der Waals surface area contributed by atoms with E-state index in [-0.39, 0.29) is 24.1 Å². The summed E-state index contributed by atoms with van der Waals surface area (Å²) in [6.07, 6.45) is 0.195. The molecule has 1 aromatic carbocycles. The van der Waals surface area contributed by atoms with E-state index in [1.54, 1.807) is 17.5 Å². The average Bonchev–Trinajstić information content (AvgIpc) is 2.83. The number of hydrogen-bond acceptors (Lipinski definition) is 4. The topological polar surface area (TPSA) is 56.0 Å². The first kappa shape index (κ1) is 14.3. The lowest BCUT2D eigenvalue weighted by molar-refractivity contribution is 0.0988. The number of carbonyl (C=O) groups excluding carboxylic acids is 1. The third kappa shape index (κ3) is 3.46. The highest BCUT2D eigenvalue weighted by molar-refractivity contribution is 9.10. The normalized spacial score (nSPS) is 12.4. The van der Waals surface area contributed by atoms with Gasteiger partial charge in [0.1, 0.15) is 16.5 Å². The van der Waals surface area contributed by atoms with Gasteiger partial charge in [-0.3, -0.25) is 4.79 Å². The summed E-state index contributed by atoms with van der Waals surface area (Å²) in [7, 11) is 0. The van der Waals surface area contributed by atoms with Crippen molar-refractivity contribution in [3.8, 4) is 0 Å². The number of hydrogen-bond donors (Lipinski definition) is 1. The van der Waals surface area contributed by atoms with Gasteiger partial charge in [0, 0.05) is 11.8 Å². The summed E-state index contributed by atoms with van der Waals surface area (Å²) in [5, 5.41) is 2.45. The maximum Gasteiger partial charge on any atom is 0.186 e. The van der Waals surface area contributed by atoms with Crippen molar-refractivity contribution in [3.05, 3.63) is 50.1 Å². The van der Waals surface area contributed by atoms with Crippen LogP contribution in [-0.2, 0) is 6.42 Å². The molecule has 1 atom stereocenters. The average molecular weight is 343 g/mol. The summed E-state index contributed by atoms with van der Waals surface area (Å²) in [4.78, 5) is 16.2. The molecule has 2 aromatic rings. The highest BCUT2D eigenvalue weighted by atomic mass is 79.9. The van der Waals surface area contributed by atoms with E-state index < -0.39 is 0 Å². The van der Waals surface area contributed by atoms with Crippen molar-refractivity contribution < 1.29 is 9.18 Å². The van der Waals surface area contributed by atoms with E-state index in [0.29, 0.717) is 10.2 Å². The molecule has 0 radical (unpaired) electrons. The van der Waals surface area contributed by atoms with Gasteiger partial charge in [-0.25, -0.2) is 9.37 Å². The van der Waals surface area contributed by atoms with Gasteiger partial charge in [0.2, 0.25) is 0 Å². The summed E-state index contributed by atoms with van der Waals surface area (Å²) in [5.41, 5.74) is 6.86. The van der Waals surface area contributed by atoms with Crippen LogP contribution < -0.4 is 5.73 Å². The SMILES string of the molecule is CC(N)c1nc(C(=O)Cc2ccc(F)c(Br)c2)cs1. The Balaban J connectivity index is 2.13. The van der Waals surface area contributed by atoms with Crippen molar-refractivity contribution in [3.63, 3.8) is 0 Å². The molecule has 0 spiro atoms. The van der Waals surface area contributed by atoms with Crippen molar-refractivity contribution in [1.82, 2.24) is 4.98 Å². The number of Topliss-reactive ketones (excluding diaryl/α,β-unsaturated/α-hetero) is 1. The number of carbonyl (C=O) groups is 1. The van der Waals surface area contributed by atoms with E-state index in [0.717, 1.165) is 10.6 Å².